The molecule has 0 saturated heterocycles. The highest BCUT2D eigenvalue weighted by atomic mass is 16.4. The van der Waals surface area contributed by atoms with Gasteiger partial charge in [-0.2, -0.15) is 0 Å². The van der Waals surface area contributed by atoms with Crippen LogP contribution in [0.2, 0.25) is 0 Å². The summed E-state index contributed by atoms with van der Waals surface area (Å²) in [5, 5.41) is 24.7. The number of aliphatic carboxylic acids is 2. The summed E-state index contributed by atoms with van der Waals surface area (Å²) in [4.78, 5) is 58.4. The van der Waals surface area contributed by atoms with Crippen LogP contribution < -0.4 is 27.4 Å². The molecule has 12 nitrogen and oxygen atoms in total. The van der Waals surface area contributed by atoms with Gasteiger partial charge in [-0.1, -0.05) is 0 Å². The number of unbranched alkanes of at least 4 members (excludes halogenated alkanes) is 1. The van der Waals surface area contributed by atoms with E-state index in [9.17, 15) is 24.0 Å². The summed E-state index contributed by atoms with van der Waals surface area (Å²) in [5.41, 5.74) is 10.8. The minimum Gasteiger partial charge on any atom is -0.481 e. The van der Waals surface area contributed by atoms with Gasteiger partial charge in [0.15, 0.2) is 0 Å². The Labute approximate surface area is 162 Å². The molecule has 4 atom stereocenters. The van der Waals surface area contributed by atoms with Gasteiger partial charge in [-0.05, 0) is 39.7 Å². The Bertz CT molecular complexity index is 582. The first kappa shape index (κ1) is 25.3. The fraction of sp³-hybridized carbons (Fsp3) is 0.688. The third kappa shape index (κ3) is 9.83. The first-order chi connectivity index (χ1) is 13.0. The maximum absolute atomic E-state index is 12.5. The Morgan fingerprint density at radius 2 is 1.39 bits per heavy atom. The van der Waals surface area contributed by atoms with E-state index in [1.165, 1.54) is 13.8 Å². The molecule has 0 aliphatic heterocycles. The smallest absolute Gasteiger partial charge is 0.325 e. The lowest BCUT2D eigenvalue weighted by Gasteiger charge is -2.23. The molecule has 0 rings (SSSR count). The number of hydrogen-bond donors (Lipinski definition) is 7. The number of nitrogens with one attached hydrogen (secondary N) is 3. The number of nitrogens with two attached hydrogens (primary N) is 2. The van der Waals surface area contributed by atoms with Gasteiger partial charge in [0, 0.05) is 0 Å². The summed E-state index contributed by atoms with van der Waals surface area (Å²) < 4.78 is 0. The fourth-order valence-electron chi connectivity index (χ4n) is 2.10. The molecule has 3 amide bonds. The van der Waals surface area contributed by atoms with E-state index in [4.69, 9.17) is 21.7 Å². The van der Waals surface area contributed by atoms with Crippen LogP contribution in [0.15, 0.2) is 0 Å². The fourth-order valence-corrected chi connectivity index (χ4v) is 2.10. The molecule has 28 heavy (non-hydrogen) atoms. The normalized spacial score (nSPS) is 14.9. The molecule has 9 N–H and O–H groups in total. The maximum Gasteiger partial charge on any atom is 0.325 e. The van der Waals surface area contributed by atoms with E-state index in [2.05, 4.69) is 16.0 Å². The third-order valence-corrected chi connectivity index (χ3v) is 3.73. The first-order valence-electron chi connectivity index (χ1n) is 8.80. The first-order valence-corrected chi connectivity index (χ1v) is 8.80. The second-order valence-electron chi connectivity index (χ2n) is 6.36. The number of carbonyl (C=O) groups is 5. The molecule has 0 spiro atoms. The number of hydrogen-bond acceptors (Lipinski definition) is 7. The van der Waals surface area contributed by atoms with Gasteiger partial charge < -0.3 is 37.6 Å². The molecule has 0 aromatic carbocycles. The van der Waals surface area contributed by atoms with Crippen LogP contribution in [0.3, 0.4) is 0 Å². The molecular formula is C16H29N5O7. The average Bonchev–Trinajstić information content (AvgIpc) is 2.59. The number of rotatable bonds is 13. The lowest BCUT2D eigenvalue weighted by molar-refractivity contribution is -0.143. The Kier molecular flexibility index (Phi) is 11.4. The number of carboxylic acids is 2. The SMILES string of the molecule is CC(N)C(=O)NC(CC(=O)O)C(=O)NC(CCCCN)C(=O)NC(C)C(=O)O. The molecule has 0 aromatic heterocycles. The van der Waals surface area contributed by atoms with Crippen LogP contribution in [0.5, 0.6) is 0 Å². The second-order valence-corrected chi connectivity index (χ2v) is 6.36. The molecule has 0 radical (unpaired) electrons. The van der Waals surface area contributed by atoms with Gasteiger partial charge in [-0.3, -0.25) is 24.0 Å². The lowest BCUT2D eigenvalue weighted by atomic mass is 10.1. The zero-order chi connectivity index (χ0) is 21.9. The molecule has 12 heteroatoms. The number of carboxylic acid groups (broad SMARTS) is 2. The summed E-state index contributed by atoms with van der Waals surface area (Å²) in [6.45, 7) is 2.98. The van der Waals surface area contributed by atoms with E-state index in [1.807, 2.05) is 0 Å². The van der Waals surface area contributed by atoms with Gasteiger partial charge in [0.25, 0.3) is 0 Å². The summed E-state index contributed by atoms with van der Waals surface area (Å²) >= 11 is 0. The largest absolute Gasteiger partial charge is 0.481 e. The van der Waals surface area contributed by atoms with E-state index in [0.717, 1.165) is 0 Å². The van der Waals surface area contributed by atoms with Gasteiger partial charge in [0.1, 0.15) is 18.1 Å². The van der Waals surface area contributed by atoms with Crippen LogP contribution in [-0.2, 0) is 24.0 Å². The quantitative estimate of drug-likeness (QED) is 0.161. The molecule has 4 unspecified atom stereocenters. The van der Waals surface area contributed by atoms with E-state index in [-0.39, 0.29) is 6.42 Å². The van der Waals surface area contributed by atoms with Crippen molar-refractivity contribution >= 4 is 29.7 Å². The number of amides is 3. The van der Waals surface area contributed by atoms with Crippen molar-refractivity contribution in [2.24, 2.45) is 11.5 Å². The topological polar surface area (TPSA) is 214 Å². The Balaban J connectivity index is 5.26. The molecule has 0 aromatic rings. The van der Waals surface area contributed by atoms with Crippen molar-refractivity contribution in [1.29, 1.82) is 0 Å². The van der Waals surface area contributed by atoms with Crippen LogP contribution in [0.25, 0.3) is 0 Å². The highest BCUT2D eigenvalue weighted by Crippen LogP contribution is 2.04. The van der Waals surface area contributed by atoms with Crippen molar-refractivity contribution in [3.05, 3.63) is 0 Å². The molecule has 0 fully saturated rings. The minimum absolute atomic E-state index is 0.155. The van der Waals surface area contributed by atoms with Gasteiger partial charge in [0.2, 0.25) is 17.7 Å². The molecule has 0 bridgehead atoms. The van der Waals surface area contributed by atoms with Crippen molar-refractivity contribution in [2.45, 2.75) is 63.7 Å². The van der Waals surface area contributed by atoms with Gasteiger partial charge >= 0.3 is 11.9 Å². The van der Waals surface area contributed by atoms with E-state index in [1.54, 1.807) is 0 Å². The summed E-state index contributed by atoms with van der Waals surface area (Å²) in [7, 11) is 0. The van der Waals surface area contributed by atoms with Gasteiger partial charge in [-0.25, -0.2) is 0 Å². The molecule has 0 saturated carbocycles. The minimum atomic E-state index is -1.45. The van der Waals surface area contributed by atoms with Crippen molar-refractivity contribution in [3.8, 4) is 0 Å². The van der Waals surface area contributed by atoms with Crippen LogP contribution in [0.1, 0.15) is 39.5 Å². The molecule has 0 aliphatic carbocycles. The van der Waals surface area contributed by atoms with Gasteiger partial charge in [-0.15, -0.1) is 0 Å². The lowest BCUT2D eigenvalue weighted by Crippen LogP contribution is -2.57. The van der Waals surface area contributed by atoms with Crippen LogP contribution in [0, 0.1) is 0 Å². The monoisotopic (exact) mass is 403 g/mol. The predicted molar refractivity (Wildman–Crippen MR) is 97.9 cm³/mol. The van der Waals surface area contributed by atoms with Crippen LogP contribution >= 0.6 is 0 Å². The number of carbonyl (C=O) groups excluding carboxylic acids is 3. The molecule has 0 aliphatic rings. The Morgan fingerprint density at radius 1 is 0.857 bits per heavy atom. The molecule has 0 heterocycles. The van der Waals surface area contributed by atoms with E-state index in [0.29, 0.717) is 19.4 Å². The average molecular weight is 403 g/mol. The van der Waals surface area contributed by atoms with Gasteiger partial charge in [0.05, 0.1) is 12.5 Å². The molecular weight excluding hydrogens is 374 g/mol. The standard InChI is InChI=1S/C16H29N5O7/c1-8(18)13(24)21-11(7-12(22)23)15(26)20-10(5-3-4-6-17)14(25)19-9(2)16(27)28/h8-11H,3-7,17-18H2,1-2H3,(H,19,25)(H,20,26)(H,21,24)(H,22,23)(H,27,28). The summed E-state index contributed by atoms with van der Waals surface area (Å²) in [6.07, 6.45) is 0.468. The van der Waals surface area contributed by atoms with Crippen LogP contribution in [0.4, 0.5) is 0 Å². The zero-order valence-corrected chi connectivity index (χ0v) is 15.9. The Morgan fingerprint density at radius 3 is 1.86 bits per heavy atom. The summed E-state index contributed by atoms with van der Waals surface area (Å²) in [6, 6.07) is -4.72. The molecule has 160 valence electrons. The van der Waals surface area contributed by atoms with Crippen molar-refractivity contribution in [2.75, 3.05) is 6.54 Å². The second kappa shape index (κ2) is 12.6. The van der Waals surface area contributed by atoms with Crippen molar-refractivity contribution in [1.82, 2.24) is 16.0 Å². The van der Waals surface area contributed by atoms with Crippen LogP contribution in [-0.4, -0.2) is 70.6 Å². The third-order valence-electron chi connectivity index (χ3n) is 3.73. The summed E-state index contributed by atoms with van der Waals surface area (Å²) in [5.74, 6) is -4.97. The van der Waals surface area contributed by atoms with E-state index < -0.39 is 60.2 Å². The Hall–Kier alpha value is -2.73. The zero-order valence-electron chi connectivity index (χ0n) is 15.9. The van der Waals surface area contributed by atoms with E-state index >= 15 is 0 Å². The maximum atomic E-state index is 12.5. The van der Waals surface area contributed by atoms with Crippen molar-refractivity contribution in [3.63, 3.8) is 0 Å². The predicted octanol–water partition coefficient (Wildman–Crippen LogP) is -2.50. The highest BCUT2D eigenvalue weighted by Gasteiger charge is 2.29. The highest BCUT2D eigenvalue weighted by molar-refractivity contribution is 5.95. The van der Waals surface area contributed by atoms with Crippen molar-refractivity contribution < 1.29 is 34.2 Å².